The summed E-state index contributed by atoms with van der Waals surface area (Å²) in [5.41, 5.74) is 4.08. The number of aliphatic hydroxyl groups excluding tert-OH is 1. The Hall–Kier alpha value is -4.43. The van der Waals surface area contributed by atoms with E-state index in [0.717, 1.165) is 37.9 Å². The Morgan fingerprint density at radius 3 is 2.17 bits per heavy atom. The van der Waals surface area contributed by atoms with Gasteiger partial charge in [0.15, 0.2) is 11.6 Å². The zero-order valence-electron chi connectivity index (χ0n) is 25.6. The maximum atomic E-state index is 14.6. The van der Waals surface area contributed by atoms with Gasteiger partial charge in [-0.3, -0.25) is 4.79 Å². The number of nitrogens with zero attached hydrogens (tertiary/aromatic N) is 1. The predicted molar refractivity (Wildman–Crippen MR) is 190 cm³/mol. The Morgan fingerprint density at radius 2 is 1.47 bits per heavy atom. The van der Waals surface area contributed by atoms with Gasteiger partial charge in [0.1, 0.15) is 5.75 Å². The van der Waals surface area contributed by atoms with E-state index < -0.39 is 11.6 Å². The van der Waals surface area contributed by atoms with E-state index in [-0.39, 0.29) is 25.5 Å². The lowest BCUT2D eigenvalue weighted by atomic mass is 9.81. The molecule has 2 atom stereocenters. The molecule has 238 valence electrons. The van der Waals surface area contributed by atoms with Crippen LogP contribution in [-0.4, -0.2) is 35.7 Å². The normalized spacial score (nSPS) is 17.1. The van der Waals surface area contributed by atoms with Crippen LogP contribution in [-0.2, 0) is 22.5 Å². The van der Waals surface area contributed by atoms with Crippen molar-refractivity contribution in [2.24, 2.45) is 4.99 Å². The molecule has 0 saturated heterocycles. The highest BCUT2D eigenvalue weighted by Crippen LogP contribution is 2.44. The van der Waals surface area contributed by atoms with Crippen LogP contribution in [0.2, 0.25) is 5.02 Å². The molecule has 47 heavy (non-hydrogen) atoms. The van der Waals surface area contributed by atoms with Gasteiger partial charge in [0.2, 0.25) is 5.90 Å². The van der Waals surface area contributed by atoms with Crippen molar-refractivity contribution in [3.8, 4) is 16.9 Å². The van der Waals surface area contributed by atoms with Gasteiger partial charge in [-0.15, -0.1) is 0 Å². The second-order valence-electron chi connectivity index (χ2n) is 11.3. The van der Waals surface area contributed by atoms with Gasteiger partial charge in [-0.1, -0.05) is 119 Å². The van der Waals surface area contributed by atoms with Crippen LogP contribution in [0, 0.1) is 0 Å². The van der Waals surface area contributed by atoms with Crippen LogP contribution in [0.3, 0.4) is 0 Å². The standard InChI is InChI=1S/C39H34BrClN2O4/c40-34-13-6-4-11-31(34)25-39(38(45)42-26-32-12-5-7-14-35(32)41)36(29-17-15-28(16-18-29)27-9-2-1-3-10-27)47-37(43-39)30-19-21-33(22-20-30)46-24-8-23-44/h1-7,9-22,36,44H,8,23-26H2,(H,42,45)/t36-,39-/m1/s1. The van der Waals surface area contributed by atoms with Crippen LogP contribution < -0.4 is 10.1 Å². The van der Waals surface area contributed by atoms with Crippen molar-refractivity contribution in [1.29, 1.82) is 0 Å². The minimum atomic E-state index is -1.36. The van der Waals surface area contributed by atoms with Crippen molar-refractivity contribution >= 4 is 39.3 Å². The molecule has 5 aromatic carbocycles. The van der Waals surface area contributed by atoms with Gasteiger partial charge in [0.25, 0.3) is 5.91 Å². The van der Waals surface area contributed by atoms with Crippen LogP contribution in [0.4, 0.5) is 0 Å². The first-order chi connectivity index (χ1) is 23.0. The fourth-order valence-electron chi connectivity index (χ4n) is 5.67. The molecule has 6 nitrogen and oxygen atoms in total. The molecule has 1 heterocycles. The van der Waals surface area contributed by atoms with Crippen molar-refractivity contribution < 1.29 is 19.4 Å². The van der Waals surface area contributed by atoms with Crippen molar-refractivity contribution in [2.45, 2.75) is 31.0 Å². The highest BCUT2D eigenvalue weighted by atomic mass is 79.9. The van der Waals surface area contributed by atoms with E-state index in [1.165, 1.54) is 0 Å². The minimum absolute atomic E-state index is 0.0641. The SMILES string of the molecule is O=C(NCc1ccccc1Cl)[C@]1(Cc2ccccc2Br)N=C(c2ccc(OCCCO)cc2)O[C@@H]1c1ccc(-c2ccccc2)cc1. The average Bonchev–Trinajstić information content (AvgIpc) is 3.50. The third kappa shape index (κ3) is 7.43. The molecule has 1 amide bonds. The monoisotopic (exact) mass is 708 g/mol. The Bertz CT molecular complexity index is 1850. The summed E-state index contributed by atoms with van der Waals surface area (Å²) in [5, 5.41) is 12.8. The van der Waals surface area contributed by atoms with Crippen molar-refractivity contribution in [3.63, 3.8) is 0 Å². The fraction of sp³-hybridized carbons (Fsp3) is 0.179. The third-order valence-electron chi connectivity index (χ3n) is 8.17. The molecule has 0 aromatic heterocycles. The summed E-state index contributed by atoms with van der Waals surface area (Å²) in [6, 6.07) is 41.0. The van der Waals surface area contributed by atoms with Gasteiger partial charge in [-0.2, -0.15) is 0 Å². The number of aliphatic imine (C=N–C) groups is 1. The van der Waals surface area contributed by atoms with Crippen molar-refractivity contribution in [3.05, 3.63) is 159 Å². The quantitative estimate of drug-likeness (QED) is 0.128. The molecule has 0 aliphatic carbocycles. The van der Waals surface area contributed by atoms with Crippen LogP contribution >= 0.6 is 27.5 Å². The Labute approximate surface area is 288 Å². The number of hydrogen-bond acceptors (Lipinski definition) is 5. The molecule has 0 radical (unpaired) electrons. The van der Waals surface area contributed by atoms with E-state index >= 15 is 0 Å². The largest absolute Gasteiger partial charge is 0.494 e. The van der Waals surface area contributed by atoms with Gasteiger partial charge >= 0.3 is 0 Å². The van der Waals surface area contributed by atoms with E-state index in [0.29, 0.717) is 29.7 Å². The first kappa shape index (κ1) is 32.5. The van der Waals surface area contributed by atoms with Gasteiger partial charge < -0.3 is 19.9 Å². The molecular weight excluding hydrogens is 676 g/mol. The number of hydrogen-bond donors (Lipinski definition) is 2. The molecule has 0 bridgehead atoms. The highest BCUT2D eigenvalue weighted by Gasteiger charge is 2.53. The molecule has 0 fully saturated rings. The lowest BCUT2D eigenvalue weighted by Crippen LogP contribution is -2.49. The second kappa shape index (κ2) is 15.0. The van der Waals surface area contributed by atoms with Crippen LogP contribution in [0.25, 0.3) is 11.1 Å². The molecule has 5 aromatic rings. The molecule has 8 heteroatoms. The summed E-state index contributed by atoms with van der Waals surface area (Å²) in [6.45, 7) is 0.713. The fourth-order valence-corrected chi connectivity index (χ4v) is 6.29. The highest BCUT2D eigenvalue weighted by molar-refractivity contribution is 9.10. The Morgan fingerprint density at radius 1 is 0.830 bits per heavy atom. The number of amides is 1. The molecular formula is C39H34BrClN2O4. The average molecular weight is 710 g/mol. The van der Waals surface area contributed by atoms with Gasteiger partial charge in [0, 0.05) is 41.1 Å². The maximum Gasteiger partial charge on any atom is 0.252 e. The lowest BCUT2D eigenvalue weighted by molar-refractivity contribution is -0.129. The molecule has 1 aliphatic rings. The van der Waals surface area contributed by atoms with E-state index in [2.05, 4.69) is 45.5 Å². The Kier molecular flexibility index (Phi) is 10.4. The number of rotatable bonds is 12. The van der Waals surface area contributed by atoms with Crippen LogP contribution in [0.15, 0.2) is 137 Å². The summed E-state index contributed by atoms with van der Waals surface area (Å²) >= 11 is 10.2. The molecule has 0 saturated carbocycles. The first-order valence-corrected chi connectivity index (χ1v) is 16.6. The number of ether oxygens (including phenoxy) is 2. The van der Waals surface area contributed by atoms with E-state index in [9.17, 15) is 4.79 Å². The summed E-state index contributed by atoms with van der Waals surface area (Å²) in [6.07, 6.45) is 0.0873. The second-order valence-corrected chi connectivity index (χ2v) is 12.6. The molecule has 2 N–H and O–H groups in total. The lowest BCUT2D eigenvalue weighted by Gasteiger charge is -2.31. The van der Waals surface area contributed by atoms with E-state index in [1.807, 2.05) is 103 Å². The molecule has 1 aliphatic heterocycles. The minimum Gasteiger partial charge on any atom is -0.494 e. The topological polar surface area (TPSA) is 80.2 Å². The number of aliphatic hydroxyl groups is 1. The summed E-state index contributed by atoms with van der Waals surface area (Å²) in [5.74, 6) is 0.763. The van der Waals surface area contributed by atoms with Crippen molar-refractivity contribution in [1.82, 2.24) is 5.32 Å². The smallest absolute Gasteiger partial charge is 0.252 e. The van der Waals surface area contributed by atoms with Gasteiger partial charge in [-0.25, -0.2) is 4.99 Å². The molecule has 6 rings (SSSR count). The maximum absolute atomic E-state index is 14.6. The predicted octanol–water partition coefficient (Wildman–Crippen LogP) is 8.35. The number of carbonyl (C=O) groups excluding carboxylic acids is 1. The zero-order valence-corrected chi connectivity index (χ0v) is 28.0. The van der Waals surface area contributed by atoms with E-state index in [4.69, 9.17) is 31.2 Å². The summed E-state index contributed by atoms with van der Waals surface area (Å²) in [4.78, 5) is 19.8. The van der Waals surface area contributed by atoms with Crippen LogP contribution in [0.5, 0.6) is 5.75 Å². The van der Waals surface area contributed by atoms with Crippen LogP contribution in [0.1, 0.15) is 34.8 Å². The van der Waals surface area contributed by atoms with Gasteiger partial charge in [0.05, 0.1) is 6.61 Å². The first-order valence-electron chi connectivity index (χ1n) is 15.5. The van der Waals surface area contributed by atoms with Crippen molar-refractivity contribution in [2.75, 3.05) is 13.2 Å². The number of nitrogens with one attached hydrogen (secondary N) is 1. The molecule has 0 spiro atoms. The van der Waals surface area contributed by atoms with Gasteiger partial charge in [-0.05, 0) is 64.2 Å². The number of benzene rings is 5. The zero-order chi connectivity index (χ0) is 32.6. The summed E-state index contributed by atoms with van der Waals surface area (Å²) in [7, 11) is 0. The number of halogens is 2. The van der Waals surface area contributed by atoms with E-state index in [1.54, 1.807) is 0 Å². The third-order valence-corrected chi connectivity index (χ3v) is 9.31. The summed E-state index contributed by atoms with van der Waals surface area (Å²) < 4.78 is 13.3. The molecule has 0 unspecified atom stereocenters. The Balaban J connectivity index is 1.42. The number of carbonyl (C=O) groups is 1.